The maximum atomic E-state index is 2.66. The first-order chi connectivity index (χ1) is 14.8. The molecule has 0 N–H and O–H groups in total. The molecule has 0 aromatic heterocycles. The minimum atomic E-state index is 0.467. The van der Waals surface area contributed by atoms with Gasteiger partial charge < -0.3 is 0 Å². The van der Waals surface area contributed by atoms with Crippen LogP contribution in [0, 0.1) is 11.3 Å². The van der Waals surface area contributed by atoms with Gasteiger partial charge in [0.25, 0.3) is 0 Å². The van der Waals surface area contributed by atoms with Crippen LogP contribution in [0.5, 0.6) is 0 Å². The van der Waals surface area contributed by atoms with Crippen LogP contribution < -0.4 is 0 Å². The molecular formula is C29H33N. The molecule has 2 aliphatic rings. The summed E-state index contributed by atoms with van der Waals surface area (Å²) in [5.74, 6) is 1.49. The first kappa shape index (κ1) is 19.6. The largest absolute Gasteiger partial charge is 0.299 e. The van der Waals surface area contributed by atoms with Gasteiger partial charge in [0.05, 0.1) is 0 Å². The van der Waals surface area contributed by atoms with Gasteiger partial charge in [-0.15, -0.1) is 0 Å². The van der Waals surface area contributed by atoms with E-state index in [1.54, 1.807) is 5.56 Å². The summed E-state index contributed by atoms with van der Waals surface area (Å²) >= 11 is 0. The standard InChI is InChI=1S/C29H33N/c1-4-10-24(11-5-1)22-29(18-19-29)28(26-14-8-3-9-15-26)27-16-20-30(21-17-27)23-25-12-6-2-7-13-25/h1-15,27-28H,16-23H2. The van der Waals surface area contributed by atoms with Crippen molar-refractivity contribution in [2.75, 3.05) is 13.1 Å². The summed E-state index contributed by atoms with van der Waals surface area (Å²) in [5.41, 5.74) is 5.00. The van der Waals surface area contributed by atoms with Crippen molar-refractivity contribution < 1.29 is 0 Å². The van der Waals surface area contributed by atoms with E-state index in [9.17, 15) is 0 Å². The van der Waals surface area contributed by atoms with E-state index in [4.69, 9.17) is 0 Å². The second-order valence-corrected chi connectivity index (χ2v) is 9.51. The lowest BCUT2D eigenvalue weighted by Crippen LogP contribution is -2.37. The van der Waals surface area contributed by atoms with Gasteiger partial charge in [-0.25, -0.2) is 0 Å². The Kier molecular flexibility index (Phi) is 5.73. The Morgan fingerprint density at radius 3 is 1.80 bits per heavy atom. The van der Waals surface area contributed by atoms with Crippen molar-refractivity contribution in [1.82, 2.24) is 4.90 Å². The molecule has 1 atom stereocenters. The van der Waals surface area contributed by atoms with Gasteiger partial charge in [0.2, 0.25) is 0 Å². The van der Waals surface area contributed by atoms with E-state index in [0.29, 0.717) is 11.3 Å². The summed E-state index contributed by atoms with van der Waals surface area (Å²) in [6, 6.07) is 33.6. The molecule has 3 aromatic rings. The number of likely N-dealkylation sites (tertiary alicyclic amines) is 1. The maximum Gasteiger partial charge on any atom is 0.0233 e. The predicted octanol–water partition coefficient (Wildman–Crippen LogP) is 6.71. The van der Waals surface area contributed by atoms with Crippen molar-refractivity contribution in [3.05, 3.63) is 108 Å². The maximum absolute atomic E-state index is 2.66. The molecule has 1 heteroatoms. The van der Waals surface area contributed by atoms with Crippen LogP contribution in [0.15, 0.2) is 91.0 Å². The Balaban J connectivity index is 1.32. The lowest BCUT2D eigenvalue weighted by Gasteiger charge is -2.40. The van der Waals surface area contributed by atoms with Gasteiger partial charge >= 0.3 is 0 Å². The summed E-state index contributed by atoms with van der Waals surface area (Å²) in [5, 5.41) is 0. The van der Waals surface area contributed by atoms with E-state index in [-0.39, 0.29) is 0 Å². The summed E-state index contributed by atoms with van der Waals surface area (Å²) in [4.78, 5) is 2.66. The molecular weight excluding hydrogens is 362 g/mol. The number of benzene rings is 3. The van der Waals surface area contributed by atoms with Gasteiger partial charge in [0.1, 0.15) is 0 Å². The molecule has 1 aliphatic carbocycles. The molecule has 2 fully saturated rings. The van der Waals surface area contributed by atoms with Gasteiger partial charge in [0, 0.05) is 6.54 Å². The molecule has 1 heterocycles. The van der Waals surface area contributed by atoms with Crippen LogP contribution in [0.4, 0.5) is 0 Å². The van der Waals surface area contributed by atoms with E-state index in [1.807, 2.05) is 0 Å². The summed E-state index contributed by atoms with van der Waals surface area (Å²) in [6.45, 7) is 3.55. The summed E-state index contributed by atoms with van der Waals surface area (Å²) in [7, 11) is 0. The third kappa shape index (κ3) is 4.37. The summed E-state index contributed by atoms with van der Waals surface area (Å²) in [6.07, 6.45) is 6.64. The van der Waals surface area contributed by atoms with Gasteiger partial charge in [-0.1, -0.05) is 91.0 Å². The van der Waals surface area contributed by atoms with Crippen molar-refractivity contribution in [2.24, 2.45) is 11.3 Å². The van der Waals surface area contributed by atoms with Crippen LogP contribution in [0.2, 0.25) is 0 Å². The molecule has 3 aromatic carbocycles. The van der Waals surface area contributed by atoms with E-state index < -0.39 is 0 Å². The van der Waals surface area contributed by atoms with Crippen LogP contribution in [-0.2, 0) is 13.0 Å². The van der Waals surface area contributed by atoms with Crippen LogP contribution >= 0.6 is 0 Å². The Labute approximate surface area is 181 Å². The molecule has 0 radical (unpaired) electrons. The minimum Gasteiger partial charge on any atom is -0.299 e. The molecule has 1 unspecified atom stereocenters. The smallest absolute Gasteiger partial charge is 0.0233 e. The molecule has 30 heavy (non-hydrogen) atoms. The van der Waals surface area contributed by atoms with Crippen molar-refractivity contribution in [2.45, 2.75) is 44.6 Å². The third-order valence-electron chi connectivity index (χ3n) is 7.46. The van der Waals surface area contributed by atoms with Crippen LogP contribution in [0.25, 0.3) is 0 Å². The van der Waals surface area contributed by atoms with Gasteiger partial charge in [0.15, 0.2) is 0 Å². The highest BCUT2D eigenvalue weighted by Crippen LogP contribution is 2.61. The molecule has 0 spiro atoms. The van der Waals surface area contributed by atoms with Gasteiger partial charge in [-0.05, 0) is 79.1 Å². The molecule has 0 amide bonds. The second-order valence-electron chi connectivity index (χ2n) is 9.51. The number of hydrogen-bond acceptors (Lipinski definition) is 1. The lowest BCUT2D eigenvalue weighted by molar-refractivity contribution is 0.137. The van der Waals surface area contributed by atoms with Gasteiger partial charge in [-0.3, -0.25) is 4.90 Å². The third-order valence-corrected chi connectivity index (χ3v) is 7.46. The van der Waals surface area contributed by atoms with Crippen LogP contribution in [-0.4, -0.2) is 18.0 Å². The first-order valence-corrected chi connectivity index (χ1v) is 11.7. The fourth-order valence-electron chi connectivity index (χ4n) is 5.83. The fourth-order valence-corrected chi connectivity index (χ4v) is 5.83. The van der Waals surface area contributed by atoms with Crippen molar-refractivity contribution in [3.8, 4) is 0 Å². The van der Waals surface area contributed by atoms with Crippen molar-refractivity contribution in [3.63, 3.8) is 0 Å². The number of rotatable bonds is 7. The highest BCUT2D eigenvalue weighted by Gasteiger charge is 2.52. The molecule has 1 nitrogen and oxygen atoms in total. The monoisotopic (exact) mass is 395 g/mol. The second kappa shape index (κ2) is 8.78. The SMILES string of the molecule is c1ccc(CN2CCC(C(c3ccccc3)C3(Cc4ccccc4)CC3)CC2)cc1. The molecule has 5 rings (SSSR count). The quantitative estimate of drug-likeness (QED) is 0.430. The van der Waals surface area contributed by atoms with Crippen LogP contribution in [0.1, 0.15) is 48.3 Å². The fraction of sp³-hybridized carbons (Fsp3) is 0.379. The molecule has 1 aliphatic heterocycles. The van der Waals surface area contributed by atoms with Crippen molar-refractivity contribution >= 4 is 0 Å². The Hall–Kier alpha value is -2.38. The zero-order chi connectivity index (χ0) is 20.2. The first-order valence-electron chi connectivity index (χ1n) is 11.7. The Bertz CT molecular complexity index is 906. The van der Waals surface area contributed by atoms with E-state index in [1.165, 1.54) is 56.3 Å². The zero-order valence-electron chi connectivity index (χ0n) is 17.9. The minimum absolute atomic E-state index is 0.467. The Morgan fingerprint density at radius 2 is 1.23 bits per heavy atom. The number of piperidine rings is 1. The van der Waals surface area contributed by atoms with E-state index in [0.717, 1.165) is 12.5 Å². The van der Waals surface area contributed by atoms with E-state index in [2.05, 4.69) is 95.9 Å². The zero-order valence-corrected chi connectivity index (χ0v) is 17.9. The van der Waals surface area contributed by atoms with Gasteiger partial charge in [-0.2, -0.15) is 0 Å². The Morgan fingerprint density at radius 1 is 0.700 bits per heavy atom. The predicted molar refractivity (Wildman–Crippen MR) is 125 cm³/mol. The molecule has 1 saturated heterocycles. The van der Waals surface area contributed by atoms with E-state index >= 15 is 0 Å². The topological polar surface area (TPSA) is 3.24 Å². The van der Waals surface area contributed by atoms with Crippen molar-refractivity contribution in [1.29, 1.82) is 0 Å². The highest BCUT2D eigenvalue weighted by atomic mass is 15.1. The van der Waals surface area contributed by atoms with Crippen LogP contribution in [0.3, 0.4) is 0 Å². The number of nitrogens with zero attached hydrogens (tertiary/aromatic N) is 1. The number of hydrogen-bond donors (Lipinski definition) is 0. The highest BCUT2D eigenvalue weighted by molar-refractivity contribution is 5.29. The average molecular weight is 396 g/mol. The summed E-state index contributed by atoms with van der Waals surface area (Å²) < 4.78 is 0. The average Bonchev–Trinajstić information content (AvgIpc) is 3.57. The molecule has 1 saturated carbocycles. The molecule has 154 valence electrons. The normalized spacial score (nSPS) is 20.0. The lowest BCUT2D eigenvalue weighted by atomic mass is 9.69. The molecule has 0 bridgehead atoms.